The number of carbonyl (C=O) groups excluding carboxylic acids is 2. The number of nitrogens with one attached hydrogen (secondary N) is 2. The first-order valence-corrected chi connectivity index (χ1v) is 17.0. The van der Waals surface area contributed by atoms with E-state index in [1.165, 1.54) is 30.7 Å². The molecule has 11 heteroatoms. The zero-order chi connectivity index (χ0) is 35.3. The first-order valence-electron chi connectivity index (χ1n) is 17.0. The van der Waals surface area contributed by atoms with Gasteiger partial charge in [-0.1, -0.05) is 26.0 Å². The molecule has 2 amide bonds. The molecule has 262 valence electrons. The van der Waals surface area contributed by atoms with Crippen molar-refractivity contribution in [1.82, 2.24) is 20.5 Å². The lowest BCUT2D eigenvalue weighted by Crippen LogP contribution is -2.48. The molecule has 0 bridgehead atoms. The Morgan fingerprint density at radius 3 is 2.22 bits per heavy atom. The number of aliphatic hydroxyl groups is 1. The van der Waals surface area contributed by atoms with Crippen molar-refractivity contribution in [3.63, 3.8) is 0 Å². The van der Waals surface area contributed by atoms with E-state index < -0.39 is 29.7 Å². The zero-order valence-corrected chi connectivity index (χ0v) is 28.7. The molecule has 4 aromatic rings. The van der Waals surface area contributed by atoms with E-state index in [9.17, 15) is 23.5 Å². The molecular formula is C38H47F2N5O4. The van der Waals surface area contributed by atoms with Crippen molar-refractivity contribution in [1.29, 1.82) is 0 Å². The van der Waals surface area contributed by atoms with Crippen LogP contribution in [0.2, 0.25) is 0 Å². The van der Waals surface area contributed by atoms with Gasteiger partial charge in [0.2, 0.25) is 5.89 Å². The number of anilines is 1. The van der Waals surface area contributed by atoms with Crippen LogP contribution in [0.15, 0.2) is 77.5 Å². The van der Waals surface area contributed by atoms with Crippen LogP contribution >= 0.6 is 0 Å². The van der Waals surface area contributed by atoms with Crippen LogP contribution < -0.4 is 15.5 Å². The molecule has 1 heterocycles. The Labute approximate surface area is 287 Å². The predicted molar refractivity (Wildman–Crippen MR) is 187 cm³/mol. The van der Waals surface area contributed by atoms with Crippen LogP contribution in [0.4, 0.5) is 14.5 Å². The number of oxazole rings is 1. The fourth-order valence-electron chi connectivity index (χ4n) is 5.89. The van der Waals surface area contributed by atoms with Gasteiger partial charge in [-0.25, -0.2) is 13.8 Å². The summed E-state index contributed by atoms with van der Waals surface area (Å²) in [6, 6.07) is 15.0. The summed E-state index contributed by atoms with van der Waals surface area (Å²) in [5.74, 6) is -2.08. The Balaban J connectivity index is 1.59. The average Bonchev–Trinajstić information content (AvgIpc) is 3.63. The Morgan fingerprint density at radius 2 is 1.59 bits per heavy atom. The number of aliphatic hydroxyl groups excluding tert-OH is 1. The minimum atomic E-state index is -1.14. The largest absolute Gasteiger partial charge is 0.445 e. The Hall–Kier alpha value is -4.61. The van der Waals surface area contributed by atoms with Crippen LogP contribution in [0.3, 0.4) is 0 Å². The van der Waals surface area contributed by atoms with Crippen LogP contribution in [0.1, 0.15) is 72.4 Å². The van der Waals surface area contributed by atoms with Gasteiger partial charge in [0.1, 0.15) is 17.9 Å². The summed E-state index contributed by atoms with van der Waals surface area (Å²) in [5.41, 5.74) is 3.27. The summed E-state index contributed by atoms with van der Waals surface area (Å²) in [5, 5.41) is 17.5. The topological polar surface area (TPSA) is 111 Å². The molecule has 4 rings (SSSR count). The molecule has 0 saturated carbocycles. The maximum Gasteiger partial charge on any atom is 0.253 e. The number of benzene rings is 3. The van der Waals surface area contributed by atoms with Gasteiger partial charge >= 0.3 is 0 Å². The molecule has 0 unspecified atom stereocenters. The zero-order valence-electron chi connectivity index (χ0n) is 28.7. The van der Waals surface area contributed by atoms with Crippen LogP contribution in [0, 0.1) is 11.6 Å². The Kier molecular flexibility index (Phi) is 13.8. The number of nitrogens with zero attached hydrogens (tertiary/aromatic N) is 3. The minimum absolute atomic E-state index is 0.0489. The quantitative estimate of drug-likeness (QED) is 0.115. The van der Waals surface area contributed by atoms with Gasteiger partial charge in [0, 0.05) is 67.7 Å². The van der Waals surface area contributed by atoms with Crippen LogP contribution in [-0.4, -0.2) is 71.7 Å². The molecule has 3 aromatic carbocycles. The lowest BCUT2D eigenvalue weighted by Gasteiger charge is -2.26. The van der Waals surface area contributed by atoms with Gasteiger partial charge in [0.05, 0.1) is 18.3 Å². The number of hydrogen-bond acceptors (Lipinski definition) is 7. The molecule has 0 spiro atoms. The Bertz CT molecular complexity index is 1640. The normalized spacial score (nSPS) is 12.4. The number of hydrogen-bond donors (Lipinski definition) is 3. The van der Waals surface area contributed by atoms with Gasteiger partial charge in [-0.15, -0.1) is 0 Å². The predicted octanol–water partition coefficient (Wildman–Crippen LogP) is 6.22. The second-order valence-corrected chi connectivity index (χ2v) is 12.0. The second-order valence-electron chi connectivity index (χ2n) is 12.0. The van der Waals surface area contributed by atoms with Crippen molar-refractivity contribution in [2.24, 2.45) is 0 Å². The van der Waals surface area contributed by atoms with E-state index in [0.717, 1.165) is 43.2 Å². The number of halogens is 2. The van der Waals surface area contributed by atoms with Gasteiger partial charge in [-0.05, 0) is 86.7 Å². The van der Waals surface area contributed by atoms with Crippen molar-refractivity contribution in [2.75, 3.05) is 37.6 Å². The summed E-state index contributed by atoms with van der Waals surface area (Å²) >= 11 is 0. The van der Waals surface area contributed by atoms with Crippen LogP contribution in [0.25, 0.3) is 11.5 Å². The van der Waals surface area contributed by atoms with Gasteiger partial charge in [0.15, 0.2) is 0 Å². The van der Waals surface area contributed by atoms with Crippen molar-refractivity contribution < 1.29 is 27.9 Å². The molecular weight excluding hydrogens is 628 g/mol. The average molecular weight is 676 g/mol. The van der Waals surface area contributed by atoms with Crippen LogP contribution in [-0.2, 0) is 13.0 Å². The first kappa shape index (κ1) is 37.2. The van der Waals surface area contributed by atoms with Gasteiger partial charge in [0.25, 0.3) is 11.8 Å². The minimum Gasteiger partial charge on any atom is -0.445 e. The van der Waals surface area contributed by atoms with E-state index in [1.807, 2.05) is 26.0 Å². The van der Waals surface area contributed by atoms with E-state index >= 15 is 0 Å². The highest BCUT2D eigenvalue weighted by Gasteiger charge is 2.25. The summed E-state index contributed by atoms with van der Waals surface area (Å²) in [4.78, 5) is 35.7. The highest BCUT2D eigenvalue weighted by atomic mass is 19.1. The van der Waals surface area contributed by atoms with Crippen molar-refractivity contribution >= 4 is 17.5 Å². The summed E-state index contributed by atoms with van der Waals surface area (Å²) < 4.78 is 33.8. The molecule has 0 aliphatic rings. The van der Waals surface area contributed by atoms with E-state index in [0.29, 0.717) is 30.8 Å². The van der Waals surface area contributed by atoms with Gasteiger partial charge < -0.3 is 30.0 Å². The monoisotopic (exact) mass is 675 g/mol. The van der Waals surface area contributed by atoms with E-state index in [2.05, 4.69) is 46.5 Å². The van der Waals surface area contributed by atoms with E-state index in [1.54, 1.807) is 17.0 Å². The van der Waals surface area contributed by atoms with E-state index in [-0.39, 0.29) is 35.9 Å². The summed E-state index contributed by atoms with van der Waals surface area (Å²) in [6.45, 7) is 11.6. The third-order valence-electron chi connectivity index (χ3n) is 8.28. The molecule has 3 N–H and O–H groups in total. The number of rotatable bonds is 18. The Morgan fingerprint density at radius 1 is 0.898 bits per heavy atom. The second kappa shape index (κ2) is 18.2. The molecule has 49 heavy (non-hydrogen) atoms. The fourth-order valence-corrected chi connectivity index (χ4v) is 5.89. The highest BCUT2D eigenvalue weighted by Crippen LogP contribution is 2.23. The first-order chi connectivity index (χ1) is 23.6. The molecule has 0 aliphatic heterocycles. The standard InChI is InChI=1S/C38H47F2N5O4/c1-5-13-45(14-6-2)38(48)30-21-28(20-29(22-30)37-42-12-15-49-37)36(47)43-34(19-27-16-31(39)23-32(40)17-27)35(46)25-41-24-26-10-9-11-33(18-26)44(7-3)8-4/h9-12,15-18,20-23,34-35,41,46H,5-8,13-14,19,24-25H2,1-4H3,(H,43,47)/t34-,35+/m0/s1. The molecule has 1 aromatic heterocycles. The smallest absolute Gasteiger partial charge is 0.253 e. The number of amides is 2. The molecule has 0 aliphatic carbocycles. The number of aromatic nitrogens is 1. The maximum absolute atomic E-state index is 14.2. The molecule has 0 radical (unpaired) electrons. The maximum atomic E-state index is 14.2. The molecule has 0 fully saturated rings. The lowest BCUT2D eigenvalue weighted by atomic mass is 9.99. The van der Waals surface area contributed by atoms with E-state index in [4.69, 9.17) is 4.42 Å². The SMILES string of the molecule is CCCN(CCC)C(=O)c1cc(C(=O)N[C@@H](Cc2cc(F)cc(F)c2)[C@H](O)CNCc2cccc(N(CC)CC)c2)cc(-c2ncco2)c1. The van der Waals surface area contributed by atoms with Crippen molar-refractivity contribution in [3.8, 4) is 11.5 Å². The molecule has 9 nitrogen and oxygen atoms in total. The molecule has 2 atom stereocenters. The summed E-state index contributed by atoms with van der Waals surface area (Å²) in [6.07, 6.45) is 3.24. The summed E-state index contributed by atoms with van der Waals surface area (Å²) in [7, 11) is 0. The third kappa shape index (κ3) is 10.4. The molecule has 0 saturated heterocycles. The number of carbonyl (C=O) groups is 2. The fraction of sp³-hybridized carbons (Fsp3) is 0.395. The lowest BCUT2D eigenvalue weighted by molar-refractivity contribution is 0.0755. The van der Waals surface area contributed by atoms with Crippen molar-refractivity contribution in [2.45, 2.75) is 65.6 Å². The van der Waals surface area contributed by atoms with Gasteiger partial charge in [-0.2, -0.15) is 0 Å². The highest BCUT2D eigenvalue weighted by molar-refractivity contribution is 6.01. The third-order valence-corrected chi connectivity index (χ3v) is 8.28. The van der Waals surface area contributed by atoms with Crippen LogP contribution in [0.5, 0.6) is 0 Å². The van der Waals surface area contributed by atoms with Crippen molar-refractivity contribution in [3.05, 3.63) is 107 Å². The van der Waals surface area contributed by atoms with Gasteiger partial charge in [-0.3, -0.25) is 9.59 Å².